The fourth-order valence-corrected chi connectivity index (χ4v) is 4.44. The van der Waals surface area contributed by atoms with Gasteiger partial charge >= 0.3 is 0 Å². The molecule has 6 heteroatoms. The van der Waals surface area contributed by atoms with Crippen LogP contribution in [-0.4, -0.2) is 33.1 Å². The average molecular weight is 354 g/mol. The van der Waals surface area contributed by atoms with Crippen LogP contribution in [0.15, 0.2) is 30.6 Å². The molecule has 0 amide bonds. The Morgan fingerprint density at radius 1 is 1.20 bits per heavy atom. The first-order valence-corrected chi connectivity index (χ1v) is 9.71. The molecule has 5 nitrogen and oxygen atoms in total. The van der Waals surface area contributed by atoms with Crippen molar-refractivity contribution >= 4 is 27.5 Å². The number of thiazole rings is 1. The van der Waals surface area contributed by atoms with Crippen LogP contribution in [0.2, 0.25) is 0 Å². The molecule has 0 saturated carbocycles. The number of aromatic nitrogens is 3. The van der Waals surface area contributed by atoms with E-state index in [0.29, 0.717) is 0 Å². The Morgan fingerprint density at radius 3 is 2.68 bits per heavy atom. The average Bonchev–Trinajstić information content (AvgIpc) is 3.06. The van der Waals surface area contributed by atoms with Gasteiger partial charge in [-0.05, 0) is 37.0 Å². The van der Waals surface area contributed by atoms with Crippen LogP contribution in [0.1, 0.15) is 32.6 Å². The van der Waals surface area contributed by atoms with E-state index < -0.39 is 0 Å². The molecule has 25 heavy (non-hydrogen) atoms. The zero-order valence-electron chi connectivity index (χ0n) is 14.4. The number of benzene rings is 1. The van der Waals surface area contributed by atoms with Crippen molar-refractivity contribution in [2.75, 3.05) is 18.0 Å². The lowest BCUT2D eigenvalue weighted by Gasteiger charge is -2.31. The zero-order valence-corrected chi connectivity index (χ0v) is 15.2. The molecule has 4 rings (SSSR count). The third-order valence-electron chi connectivity index (χ3n) is 4.85. The Balaban J connectivity index is 1.49. The molecule has 1 aliphatic heterocycles. The number of anilines is 1. The summed E-state index contributed by atoms with van der Waals surface area (Å²) in [5.41, 5.74) is 1.81. The lowest BCUT2D eigenvalue weighted by atomic mass is 9.93. The molecular formula is C19H22N4OS. The summed E-state index contributed by atoms with van der Waals surface area (Å²) in [5, 5.41) is 10.5. The van der Waals surface area contributed by atoms with Gasteiger partial charge in [-0.25, -0.2) is 15.0 Å². The van der Waals surface area contributed by atoms with Gasteiger partial charge in [0.15, 0.2) is 0 Å². The highest BCUT2D eigenvalue weighted by Crippen LogP contribution is 2.32. The van der Waals surface area contributed by atoms with Crippen molar-refractivity contribution in [3.05, 3.63) is 30.6 Å². The summed E-state index contributed by atoms with van der Waals surface area (Å²) in [7, 11) is 0. The van der Waals surface area contributed by atoms with Gasteiger partial charge in [0.2, 0.25) is 5.95 Å². The third-order valence-corrected chi connectivity index (χ3v) is 5.92. The van der Waals surface area contributed by atoms with Crippen LogP contribution in [0.3, 0.4) is 0 Å². The molecule has 1 aromatic carbocycles. The molecule has 2 aromatic heterocycles. The van der Waals surface area contributed by atoms with Gasteiger partial charge in [-0.1, -0.05) is 19.8 Å². The fraction of sp³-hybridized carbons (Fsp3) is 0.421. The highest BCUT2D eigenvalue weighted by Gasteiger charge is 2.20. The van der Waals surface area contributed by atoms with E-state index in [2.05, 4.69) is 26.8 Å². The van der Waals surface area contributed by atoms with Gasteiger partial charge < -0.3 is 10.0 Å². The highest BCUT2D eigenvalue weighted by molar-refractivity contribution is 7.21. The Hall–Kier alpha value is -2.21. The fourth-order valence-electron chi connectivity index (χ4n) is 3.46. The van der Waals surface area contributed by atoms with Crippen LogP contribution in [0.5, 0.6) is 5.75 Å². The number of phenols is 1. The van der Waals surface area contributed by atoms with Gasteiger partial charge in [0.25, 0.3) is 0 Å². The summed E-state index contributed by atoms with van der Waals surface area (Å²) >= 11 is 1.55. The van der Waals surface area contributed by atoms with Crippen molar-refractivity contribution < 1.29 is 5.11 Å². The minimum atomic E-state index is 0.265. The molecule has 0 aliphatic carbocycles. The predicted molar refractivity (Wildman–Crippen MR) is 102 cm³/mol. The van der Waals surface area contributed by atoms with Gasteiger partial charge in [0, 0.05) is 31.0 Å². The number of phenolic OH excluding ortho intramolecular Hbond substituents is 1. The molecule has 0 unspecified atom stereocenters. The molecule has 3 heterocycles. The van der Waals surface area contributed by atoms with Crippen molar-refractivity contribution in [3.8, 4) is 16.3 Å². The second kappa shape index (κ2) is 6.96. The van der Waals surface area contributed by atoms with E-state index in [-0.39, 0.29) is 5.75 Å². The lowest BCUT2D eigenvalue weighted by Crippen LogP contribution is -2.34. The molecule has 0 spiro atoms. The maximum Gasteiger partial charge on any atom is 0.225 e. The Kier molecular flexibility index (Phi) is 4.53. The molecule has 1 N–H and O–H groups in total. The van der Waals surface area contributed by atoms with Crippen LogP contribution in [-0.2, 0) is 0 Å². The standard InChI is InChI=1S/C19H22N4OS/c1-2-3-13-6-8-23(9-7-13)19-20-11-14(12-21-19)18-22-16-5-4-15(24)10-17(16)25-18/h4-5,10-13,24H,2-3,6-9H2,1H3. The second-order valence-electron chi connectivity index (χ2n) is 6.66. The largest absolute Gasteiger partial charge is 0.508 e. The van der Waals surface area contributed by atoms with E-state index in [1.54, 1.807) is 23.5 Å². The maximum atomic E-state index is 9.59. The minimum absolute atomic E-state index is 0.265. The van der Waals surface area contributed by atoms with Crippen molar-refractivity contribution in [1.82, 2.24) is 15.0 Å². The van der Waals surface area contributed by atoms with Gasteiger partial charge in [0.05, 0.1) is 10.2 Å². The minimum Gasteiger partial charge on any atom is -0.508 e. The molecule has 1 fully saturated rings. The van der Waals surface area contributed by atoms with Crippen molar-refractivity contribution in [1.29, 1.82) is 0 Å². The van der Waals surface area contributed by atoms with Crippen LogP contribution < -0.4 is 4.90 Å². The molecule has 1 saturated heterocycles. The number of piperidine rings is 1. The predicted octanol–water partition coefficient (Wildman–Crippen LogP) is 4.48. The Bertz CT molecular complexity index is 853. The topological polar surface area (TPSA) is 62.1 Å². The van der Waals surface area contributed by atoms with Gasteiger partial charge in [-0.2, -0.15) is 0 Å². The van der Waals surface area contributed by atoms with Crippen LogP contribution in [0.25, 0.3) is 20.8 Å². The van der Waals surface area contributed by atoms with Gasteiger partial charge in [-0.3, -0.25) is 0 Å². The number of hydrogen-bond acceptors (Lipinski definition) is 6. The molecule has 3 aromatic rings. The molecule has 130 valence electrons. The first-order valence-electron chi connectivity index (χ1n) is 8.90. The number of nitrogens with zero attached hydrogens (tertiary/aromatic N) is 4. The lowest BCUT2D eigenvalue weighted by molar-refractivity contribution is 0.376. The number of aromatic hydroxyl groups is 1. The molecule has 0 radical (unpaired) electrons. The van der Waals surface area contributed by atoms with Gasteiger partial charge in [0.1, 0.15) is 10.8 Å². The second-order valence-corrected chi connectivity index (χ2v) is 7.69. The number of fused-ring (bicyclic) bond motifs is 1. The van der Waals surface area contributed by atoms with Crippen molar-refractivity contribution in [2.24, 2.45) is 5.92 Å². The van der Waals surface area contributed by atoms with E-state index in [0.717, 1.165) is 45.7 Å². The SMILES string of the molecule is CCCC1CCN(c2ncc(-c3nc4ccc(O)cc4s3)cn2)CC1. The Morgan fingerprint density at radius 2 is 1.96 bits per heavy atom. The van der Waals surface area contributed by atoms with Crippen molar-refractivity contribution in [2.45, 2.75) is 32.6 Å². The summed E-state index contributed by atoms with van der Waals surface area (Å²) in [6, 6.07) is 5.24. The summed E-state index contributed by atoms with van der Waals surface area (Å²) in [4.78, 5) is 16.0. The number of rotatable bonds is 4. The zero-order chi connectivity index (χ0) is 17.2. The molecule has 0 bridgehead atoms. The van der Waals surface area contributed by atoms with E-state index in [1.165, 1.54) is 25.7 Å². The van der Waals surface area contributed by atoms with Gasteiger partial charge in [-0.15, -0.1) is 11.3 Å². The molecule has 0 atom stereocenters. The normalized spacial score (nSPS) is 15.8. The summed E-state index contributed by atoms with van der Waals surface area (Å²) in [6.45, 7) is 4.35. The van der Waals surface area contributed by atoms with Crippen molar-refractivity contribution in [3.63, 3.8) is 0 Å². The third kappa shape index (κ3) is 3.44. The van der Waals surface area contributed by atoms with E-state index in [4.69, 9.17) is 0 Å². The molecule has 1 aliphatic rings. The van der Waals surface area contributed by atoms with E-state index in [1.807, 2.05) is 18.5 Å². The smallest absolute Gasteiger partial charge is 0.225 e. The number of hydrogen-bond donors (Lipinski definition) is 1. The maximum absolute atomic E-state index is 9.59. The van der Waals surface area contributed by atoms with E-state index in [9.17, 15) is 5.11 Å². The summed E-state index contributed by atoms with van der Waals surface area (Å²) in [6.07, 6.45) is 8.80. The van der Waals surface area contributed by atoms with E-state index >= 15 is 0 Å². The summed E-state index contributed by atoms with van der Waals surface area (Å²) in [5.74, 6) is 1.94. The first kappa shape index (κ1) is 16.3. The quantitative estimate of drug-likeness (QED) is 0.749. The highest BCUT2D eigenvalue weighted by atomic mass is 32.1. The van der Waals surface area contributed by atoms with Crippen LogP contribution >= 0.6 is 11.3 Å². The summed E-state index contributed by atoms with van der Waals surface area (Å²) < 4.78 is 0.970. The Labute approximate surface area is 151 Å². The monoisotopic (exact) mass is 354 g/mol. The van der Waals surface area contributed by atoms with Crippen LogP contribution in [0, 0.1) is 5.92 Å². The van der Waals surface area contributed by atoms with Crippen LogP contribution in [0.4, 0.5) is 5.95 Å². The first-order chi connectivity index (χ1) is 12.2. The molecular weight excluding hydrogens is 332 g/mol.